The van der Waals surface area contributed by atoms with Crippen molar-refractivity contribution in [3.63, 3.8) is 0 Å². The standard InChI is InChI=1S/C21H22ClFO9S/c1-2-29-19(25)13-8-21(31-17-15(9-24)30-20(26)18(17)32-21)6-5-16(13)33(27,28)10-11-3-4-12(23)7-14(11)22/h3-4,7-8,15-18,24H,2,5-6,9-10H2,1H3/t15-,16?,17-,18-,21?/m1/s1. The van der Waals surface area contributed by atoms with E-state index >= 15 is 0 Å². The highest BCUT2D eigenvalue weighted by Crippen LogP contribution is 2.45. The number of esters is 2. The van der Waals surface area contributed by atoms with Crippen LogP contribution in [0.2, 0.25) is 5.02 Å². The number of fused-ring (bicyclic) bond motifs is 1. The van der Waals surface area contributed by atoms with Gasteiger partial charge >= 0.3 is 11.9 Å². The quantitative estimate of drug-likeness (QED) is 0.573. The fourth-order valence-corrected chi connectivity index (χ4v) is 6.52. The second-order valence-corrected chi connectivity index (χ2v) is 10.6. The van der Waals surface area contributed by atoms with Gasteiger partial charge in [0.15, 0.2) is 27.8 Å². The molecule has 0 saturated carbocycles. The molecule has 0 radical (unpaired) electrons. The number of halogens is 2. The molecule has 0 aromatic heterocycles. The van der Waals surface area contributed by atoms with Crippen molar-refractivity contribution in [3.8, 4) is 0 Å². The molecule has 1 aromatic carbocycles. The Morgan fingerprint density at radius 2 is 2.12 bits per heavy atom. The Morgan fingerprint density at radius 1 is 1.36 bits per heavy atom. The van der Waals surface area contributed by atoms with Crippen molar-refractivity contribution in [3.05, 3.63) is 46.3 Å². The number of benzene rings is 1. The van der Waals surface area contributed by atoms with Crippen molar-refractivity contribution in [2.24, 2.45) is 0 Å². The zero-order chi connectivity index (χ0) is 24.0. The van der Waals surface area contributed by atoms with Gasteiger partial charge < -0.3 is 24.1 Å². The van der Waals surface area contributed by atoms with E-state index in [9.17, 15) is 27.5 Å². The molecule has 4 rings (SSSR count). The molecule has 2 heterocycles. The first-order valence-corrected chi connectivity index (χ1v) is 12.4. The van der Waals surface area contributed by atoms with Gasteiger partial charge in [-0.1, -0.05) is 17.7 Å². The lowest BCUT2D eigenvalue weighted by Gasteiger charge is -2.34. The van der Waals surface area contributed by atoms with Gasteiger partial charge in [-0.3, -0.25) is 0 Å². The summed E-state index contributed by atoms with van der Waals surface area (Å²) in [5, 5.41) is 8.14. The average Bonchev–Trinajstić information content (AvgIpc) is 3.25. The molecule has 2 unspecified atom stereocenters. The third-order valence-electron chi connectivity index (χ3n) is 5.80. The van der Waals surface area contributed by atoms with Gasteiger partial charge in [0.2, 0.25) is 0 Å². The fraction of sp³-hybridized carbons (Fsp3) is 0.524. The molecule has 1 aliphatic carbocycles. The first kappa shape index (κ1) is 24.1. The minimum absolute atomic E-state index is 0.00556. The number of aliphatic hydroxyl groups excluding tert-OH is 1. The van der Waals surface area contributed by atoms with Gasteiger partial charge in [0.05, 0.1) is 29.8 Å². The Labute approximate surface area is 194 Å². The van der Waals surface area contributed by atoms with Crippen molar-refractivity contribution >= 4 is 33.4 Å². The normalized spacial score (nSPS) is 31.3. The number of aliphatic hydroxyl groups is 1. The van der Waals surface area contributed by atoms with Crippen LogP contribution in [0.25, 0.3) is 0 Å². The lowest BCUT2D eigenvalue weighted by Crippen LogP contribution is -2.42. The number of hydrogen-bond acceptors (Lipinski definition) is 9. The van der Waals surface area contributed by atoms with Crippen LogP contribution in [0, 0.1) is 5.82 Å². The van der Waals surface area contributed by atoms with E-state index in [1.165, 1.54) is 12.1 Å². The van der Waals surface area contributed by atoms with E-state index in [0.29, 0.717) is 0 Å². The number of sulfone groups is 1. The maximum absolute atomic E-state index is 13.4. The molecule has 2 saturated heterocycles. The van der Waals surface area contributed by atoms with Crippen molar-refractivity contribution in [1.82, 2.24) is 0 Å². The SMILES string of the molecule is CCOC(=O)C1=CC2(CCC1S(=O)(=O)Cc1ccc(F)cc1Cl)O[C@@H]1[C@@H](CO)OC(=O)[C@@H]1O2. The van der Waals surface area contributed by atoms with Crippen LogP contribution in [0.3, 0.4) is 0 Å². The summed E-state index contributed by atoms with van der Waals surface area (Å²) < 4.78 is 61.6. The zero-order valence-corrected chi connectivity index (χ0v) is 19.1. The fourth-order valence-electron chi connectivity index (χ4n) is 4.29. The lowest BCUT2D eigenvalue weighted by molar-refractivity contribution is -0.188. The van der Waals surface area contributed by atoms with E-state index in [1.807, 2.05) is 0 Å². The maximum atomic E-state index is 13.4. The highest BCUT2D eigenvalue weighted by molar-refractivity contribution is 7.91. The summed E-state index contributed by atoms with van der Waals surface area (Å²) in [5.41, 5.74) is 0.00761. The first-order valence-electron chi connectivity index (χ1n) is 10.3. The first-order chi connectivity index (χ1) is 15.6. The molecule has 0 bridgehead atoms. The molecule has 5 atom stereocenters. The summed E-state index contributed by atoms with van der Waals surface area (Å²) in [7, 11) is -3.99. The highest BCUT2D eigenvalue weighted by Gasteiger charge is 2.60. The third-order valence-corrected chi connectivity index (χ3v) is 8.22. The Morgan fingerprint density at radius 3 is 2.79 bits per heavy atom. The van der Waals surface area contributed by atoms with Crippen LogP contribution in [0.4, 0.5) is 4.39 Å². The minimum atomic E-state index is -3.99. The molecule has 33 heavy (non-hydrogen) atoms. The molecule has 1 N–H and O–H groups in total. The van der Waals surface area contributed by atoms with E-state index in [-0.39, 0.29) is 35.6 Å². The molecule has 1 spiro atoms. The monoisotopic (exact) mass is 504 g/mol. The number of carbonyl (C=O) groups excluding carboxylic acids is 2. The van der Waals surface area contributed by atoms with E-state index < -0.39 is 69.3 Å². The molecule has 9 nitrogen and oxygen atoms in total. The van der Waals surface area contributed by atoms with E-state index in [1.54, 1.807) is 6.92 Å². The van der Waals surface area contributed by atoms with Crippen molar-refractivity contribution in [2.75, 3.05) is 13.2 Å². The summed E-state index contributed by atoms with van der Waals surface area (Å²) in [4.78, 5) is 24.8. The Bertz CT molecular complexity index is 1100. The van der Waals surface area contributed by atoms with Crippen molar-refractivity contribution < 1.29 is 46.5 Å². The topological polar surface area (TPSA) is 125 Å². The summed E-state index contributed by atoms with van der Waals surface area (Å²) in [6, 6.07) is 3.39. The number of cyclic esters (lactones) is 1. The summed E-state index contributed by atoms with van der Waals surface area (Å²) in [6.45, 7) is 1.11. The predicted octanol–water partition coefficient (Wildman–Crippen LogP) is 1.44. The lowest BCUT2D eigenvalue weighted by atomic mass is 9.94. The van der Waals surface area contributed by atoms with Gasteiger partial charge in [0.1, 0.15) is 11.9 Å². The van der Waals surface area contributed by atoms with E-state index in [0.717, 1.165) is 12.1 Å². The van der Waals surface area contributed by atoms with E-state index in [4.69, 9.17) is 30.5 Å². The van der Waals surface area contributed by atoms with Gasteiger partial charge in [0.25, 0.3) is 0 Å². The number of ether oxygens (including phenoxy) is 4. The summed E-state index contributed by atoms with van der Waals surface area (Å²) >= 11 is 6.00. The largest absolute Gasteiger partial charge is 0.463 e. The smallest absolute Gasteiger partial charge is 0.338 e. The van der Waals surface area contributed by atoms with Crippen molar-refractivity contribution in [2.45, 2.75) is 54.9 Å². The summed E-state index contributed by atoms with van der Waals surface area (Å²) in [6.07, 6.45) is -1.73. The van der Waals surface area contributed by atoms with Gasteiger partial charge in [-0.05, 0) is 37.1 Å². The van der Waals surface area contributed by atoms with Gasteiger partial charge in [-0.15, -0.1) is 0 Å². The van der Waals surface area contributed by atoms with Crippen LogP contribution in [0.15, 0.2) is 29.8 Å². The predicted molar refractivity (Wildman–Crippen MR) is 111 cm³/mol. The Kier molecular flexibility index (Phi) is 6.53. The van der Waals surface area contributed by atoms with Gasteiger partial charge in [0, 0.05) is 11.4 Å². The molecular weight excluding hydrogens is 483 g/mol. The number of carbonyl (C=O) groups is 2. The highest BCUT2D eigenvalue weighted by atomic mass is 35.5. The molecule has 12 heteroatoms. The Hall–Kier alpha value is -2.05. The van der Waals surface area contributed by atoms with Crippen LogP contribution >= 0.6 is 11.6 Å². The maximum Gasteiger partial charge on any atom is 0.338 e. The average molecular weight is 505 g/mol. The molecule has 3 aliphatic rings. The molecule has 0 amide bonds. The minimum Gasteiger partial charge on any atom is -0.463 e. The third kappa shape index (κ3) is 4.52. The number of hydrogen-bond donors (Lipinski definition) is 1. The zero-order valence-electron chi connectivity index (χ0n) is 17.5. The van der Waals surface area contributed by atoms with Gasteiger partial charge in [-0.25, -0.2) is 22.4 Å². The second-order valence-electron chi connectivity index (χ2n) is 7.98. The van der Waals surface area contributed by atoms with Crippen LogP contribution in [-0.4, -0.2) is 68.0 Å². The van der Waals surface area contributed by atoms with E-state index in [2.05, 4.69) is 0 Å². The van der Waals surface area contributed by atoms with Crippen molar-refractivity contribution in [1.29, 1.82) is 0 Å². The van der Waals surface area contributed by atoms with Gasteiger partial charge in [-0.2, -0.15) is 0 Å². The van der Waals surface area contributed by atoms with Crippen LogP contribution in [-0.2, 0) is 44.1 Å². The van der Waals surface area contributed by atoms with Crippen LogP contribution < -0.4 is 0 Å². The Balaban J connectivity index is 1.66. The molecule has 2 aliphatic heterocycles. The molecule has 1 aromatic rings. The molecule has 180 valence electrons. The summed E-state index contributed by atoms with van der Waals surface area (Å²) in [5.74, 6) is -4.23. The number of rotatable bonds is 6. The van der Waals surface area contributed by atoms with Crippen LogP contribution in [0.5, 0.6) is 0 Å². The molecule has 2 fully saturated rings. The van der Waals surface area contributed by atoms with Crippen LogP contribution in [0.1, 0.15) is 25.3 Å². The molecular formula is C21H22ClFO9S. The second kappa shape index (κ2) is 8.95.